The lowest BCUT2D eigenvalue weighted by Gasteiger charge is -2.07. The van der Waals surface area contributed by atoms with Crippen molar-refractivity contribution < 1.29 is 14.3 Å². The number of hydrazone groups is 1. The van der Waals surface area contributed by atoms with E-state index >= 15 is 0 Å². The zero-order chi connectivity index (χ0) is 17.5. The van der Waals surface area contributed by atoms with Crippen LogP contribution in [0.2, 0.25) is 5.02 Å². The van der Waals surface area contributed by atoms with Crippen LogP contribution in [0.1, 0.15) is 11.1 Å². The van der Waals surface area contributed by atoms with Crippen molar-refractivity contribution in [2.75, 3.05) is 12.4 Å². The van der Waals surface area contributed by atoms with Crippen molar-refractivity contribution in [3.05, 3.63) is 58.6 Å². The molecule has 0 fully saturated rings. The average molecular weight is 346 g/mol. The number of carbonyl (C=O) groups is 2. The monoisotopic (exact) mass is 345 g/mol. The van der Waals surface area contributed by atoms with E-state index in [2.05, 4.69) is 15.8 Å². The van der Waals surface area contributed by atoms with E-state index in [0.29, 0.717) is 22.0 Å². The van der Waals surface area contributed by atoms with Crippen molar-refractivity contribution in [3.63, 3.8) is 0 Å². The Kier molecular flexibility index (Phi) is 5.92. The standard InChI is InChI=1S/C17H16ClN3O3/c1-11-5-3-4-6-14(11)20-16(22)17(23)21-19-10-12-9-13(18)7-8-15(12)24-2/h3-10H,1-2H3,(H,20,22)(H,21,23)/b19-10-. The average Bonchev–Trinajstić information content (AvgIpc) is 2.57. The Labute approximate surface area is 144 Å². The van der Waals surface area contributed by atoms with Crippen LogP contribution in [0, 0.1) is 6.92 Å². The predicted octanol–water partition coefficient (Wildman–Crippen LogP) is 2.75. The SMILES string of the molecule is COc1ccc(Cl)cc1/C=N\NC(=O)C(=O)Nc1ccccc1C. The highest BCUT2D eigenvalue weighted by atomic mass is 35.5. The molecule has 0 radical (unpaired) electrons. The molecule has 0 bridgehead atoms. The van der Waals surface area contributed by atoms with E-state index in [1.54, 1.807) is 30.3 Å². The number of ether oxygens (including phenoxy) is 1. The molecule has 0 atom stereocenters. The number of carbonyl (C=O) groups excluding carboxylic acids is 2. The molecule has 124 valence electrons. The van der Waals surface area contributed by atoms with Gasteiger partial charge in [0.05, 0.1) is 13.3 Å². The Morgan fingerprint density at radius 2 is 1.92 bits per heavy atom. The largest absolute Gasteiger partial charge is 0.496 e. The Morgan fingerprint density at radius 1 is 1.17 bits per heavy atom. The number of benzene rings is 2. The lowest BCUT2D eigenvalue weighted by Crippen LogP contribution is -2.32. The fourth-order valence-corrected chi connectivity index (χ4v) is 2.09. The van der Waals surface area contributed by atoms with Crippen LogP contribution in [0.15, 0.2) is 47.6 Å². The van der Waals surface area contributed by atoms with Gasteiger partial charge >= 0.3 is 11.8 Å². The zero-order valence-electron chi connectivity index (χ0n) is 13.2. The lowest BCUT2D eigenvalue weighted by atomic mass is 10.2. The van der Waals surface area contributed by atoms with Gasteiger partial charge in [-0.2, -0.15) is 5.10 Å². The van der Waals surface area contributed by atoms with E-state index < -0.39 is 11.8 Å². The van der Waals surface area contributed by atoms with Gasteiger partial charge in [-0.1, -0.05) is 29.8 Å². The molecule has 0 unspecified atom stereocenters. The summed E-state index contributed by atoms with van der Waals surface area (Å²) in [5.41, 5.74) is 4.16. The van der Waals surface area contributed by atoms with Gasteiger partial charge in [0.15, 0.2) is 0 Å². The number of amides is 2. The second-order valence-corrected chi connectivity index (χ2v) is 5.29. The quantitative estimate of drug-likeness (QED) is 0.508. The molecule has 2 aromatic carbocycles. The third-order valence-corrected chi connectivity index (χ3v) is 3.40. The van der Waals surface area contributed by atoms with Gasteiger partial charge in [0, 0.05) is 16.3 Å². The van der Waals surface area contributed by atoms with Crippen LogP contribution in [0.5, 0.6) is 5.75 Å². The smallest absolute Gasteiger partial charge is 0.329 e. The summed E-state index contributed by atoms with van der Waals surface area (Å²) in [5.74, 6) is -1.14. The summed E-state index contributed by atoms with van der Waals surface area (Å²) in [7, 11) is 1.51. The maximum absolute atomic E-state index is 11.8. The third kappa shape index (κ3) is 4.57. The topological polar surface area (TPSA) is 79.8 Å². The highest BCUT2D eigenvalue weighted by Gasteiger charge is 2.13. The number of nitrogens with zero attached hydrogens (tertiary/aromatic N) is 1. The lowest BCUT2D eigenvalue weighted by molar-refractivity contribution is -0.136. The van der Waals surface area contributed by atoms with Crippen LogP contribution in [0.3, 0.4) is 0 Å². The first-order valence-electron chi connectivity index (χ1n) is 7.05. The maximum Gasteiger partial charge on any atom is 0.329 e. The third-order valence-electron chi connectivity index (χ3n) is 3.16. The normalized spacial score (nSPS) is 10.5. The molecule has 0 saturated carbocycles. The van der Waals surface area contributed by atoms with E-state index in [9.17, 15) is 9.59 Å². The molecule has 7 heteroatoms. The molecule has 0 aliphatic heterocycles. The molecule has 2 amide bonds. The summed E-state index contributed by atoms with van der Waals surface area (Å²) in [5, 5.41) is 6.77. The number of halogens is 1. The van der Waals surface area contributed by atoms with Crippen molar-refractivity contribution >= 4 is 35.3 Å². The minimum absolute atomic E-state index is 0.501. The number of hydrogen-bond acceptors (Lipinski definition) is 4. The molecule has 0 saturated heterocycles. The summed E-state index contributed by atoms with van der Waals surface area (Å²) in [6, 6.07) is 12.1. The maximum atomic E-state index is 11.8. The summed E-state index contributed by atoms with van der Waals surface area (Å²) in [6.07, 6.45) is 1.35. The van der Waals surface area contributed by atoms with Crippen LogP contribution in [-0.4, -0.2) is 25.1 Å². The molecule has 0 aromatic heterocycles. The van der Waals surface area contributed by atoms with Gasteiger partial charge in [-0.05, 0) is 36.8 Å². The number of nitrogens with one attached hydrogen (secondary N) is 2. The van der Waals surface area contributed by atoms with Gasteiger partial charge in [-0.25, -0.2) is 5.43 Å². The van der Waals surface area contributed by atoms with Crippen molar-refractivity contribution in [2.24, 2.45) is 5.10 Å². The number of rotatable bonds is 4. The van der Waals surface area contributed by atoms with Gasteiger partial charge in [0.1, 0.15) is 5.75 Å². The number of methoxy groups -OCH3 is 1. The Hall–Kier alpha value is -2.86. The van der Waals surface area contributed by atoms with Crippen molar-refractivity contribution in [3.8, 4) is 5.75 Å². The fraction of sp³-hybridized carbons (Fsp3) is 0.118. The molecule has 2 rings (SSSR count). The van der Waals surface area contributed by atoms with Gasteiger partial charge < -0.3 is 10.1 Å². The van der Waals surface area contributed by atoms with Gasteiger partial charge in [-0.15, -0.1) is 0 Å². The van der Waals surface area contributed by atoms with Crippen LogP contribution in [0.25, 0.3) is 0 Å². The minimum atomic E-state index is -0.879. The van der Waals surface area contributed by atoms with Crippen LogP contribution in [-0.2, 0) is 9.59 Å². The summed E-state index contributed by atoms with van der Waals surface area (Å²) >= 11 is 5.90. The van der Waals surface area contributed by atoms with Gasteiger partial charge in [0.25, 0.3) is 0 Å². The van der Waals surface area contributed by atoms with E-state index in [4.69, 9.17) is 16.3 Å². The molecule has 0 heterocycles. The molecule has 24 heavy (non-hydrogen) atoms. The number of aryl methyl sites for hydroxylation is 1. The highest BCUT2D eigenvalue weighted by Crippen LogP contribution is 2.20. The van der Waals surface area contributed by atoms with E-state index in [-0.39, 0.29) is 0 Å². The van der Waals surface area contributed by atoms with Crippen LogP contribution >= 0.6 is 11.6 Å². The first-order valence-corrected chi connectivity index (χ1v) is 7.42. The molecule has 0 aliphatic rings. The van der Waals surface area contributed by atoms with Gasteiger partial charge in [-0.3, -0.25) is 9.59 Å². The second kappa shape index (κ2) is 8.12. The minimum Gasteiger partial charge on any atom is -0.496 e. The Morgan fingerprint density at radius 3 is 2.62 bits per heavy atom. The van der Waals surface area contributed by atoms with Crippen molar-refractivity contribution in [2.45, 2.75) is 6.92 Å². The molecule has 0 spiro atoms. The van der Waals surface area contributed by atoms with Crippen molar-refractivity contribution in [1.82, 2.24) is 5.43 Å². The predicted molar refractivity (Wildman–Crippen MR) is 93.5 cm³/mol. The highest BCUT2D eigenvalue weighted by molar-refractivity contribution is 6.39. The number of hydrogen-bond donors (Lipinski definition) is 2. The van der Waals surface area contributed by atoms with E-state index in [1.807, 2.05) is 19.1 Å². The number of anilines is 1. The fourth-order valence-electron chi connectivity index (χ4n) is 1.91. The van der Waals surface area contributed by atoms with E-state index in [0.717, 1.165) is 5.56 Å². The van der Waals surface area contributed by atoms with E-state index in [1.165, 1.54) is 13.3 Å². The molecular formula is C17H16ClN3O3. The summed E-state index contributed by atoms with van der Waals surface area (Å²) in [4.78, 5) is 23.6. The second-order valence-electron chi connectivity index (χ2n) is 4.85. The Balaban J connectivity index is 1.99. The van der Waals surface area contributed by atoms with Crippen LogP contribution < -0.4 is 15.5 Å². The molecule has 0 aliphatic carbocycles. The summed E-state index contributed by atoms with van der Waals surface area (Å²) in [6.45, 7) is 1.83. The molecular weight excluding hydrogens is 330 g/mol. The first kappa shape index (κ1) is 17.5. The van der Waals surface area contributed by atoms with Gasteiger partial charge in [0.2, 0.25) is 0 Å². The first-order chi connectivity index (χ1) is 11.5. The number of para-hydroxylation sites is 1. The van der Waals surface area contributed by atoms with Crippen LogP contribution in [0.4, 0.5) is 5.69 Å². The molecule has 2 N–H and O–H groups in total. The Bertz CT molecular complexity index is 790. The molecule has 2 aromatic rings. The van der Waals surface area contributed by atoms with Crippen molar-refractivity contribution in [1.29, 1.82) is 0 Å². The summed E-state index contributed by atoms with van der Waals surface area (Å²) < 4.78 is 5.16. The zero-order valence-corrected chi connectivity index (χ0v) is 13.9. The molecule has 6 nitrogen and oxygen atoms in total.